The highest BCUT2D eigenvalue weighted by Gasteiger charge is 2.13. The Morgan fingerprint density at radius 1 is 1.20 bits per heavy atom. The topological polar surface area (TPSA) is 26.0 Å². The second-order valence-corrected chi connectivity index (χ2v) is 6.09. The Kier molecular flexibility index (Phi) is 5.46. The lowest BCUT2D eigenvalue weighted by atomic mass is 10.0. The van der Waals surface area contributed by atoms with Crippen LogP contribution in [0, 0.1) is 5.82 Å². The van der Waals surface area contributed by atoms with Crippen molar-refractivity contribution in [2.24, 2.45) is 5.73 Å². The maximum absolute atomic E-state index is 13.8. The van der Waals surface area contributed by atoms with Crippen LogP contribution in [0.2, 0.25) is 5.02 Å². The van der Waals surface area contributed by atoms with E-state index in [-0.39, 0.29) is 11.9 Å². The molecule has 1 unspecified atom stereocenters. The Bertz CT molecular complexity index is 588. The molecule has 0 aliphatic heterocycles. The van der Waals surface area contributed by atoms with Gasteiger partial charge >= 0.3 is 0 Å². The van der Waals surface area contributed by atoms with E-state index in [1.807, 2.05) is 24.3 Å². The molecule has 0 saturated heterocycles. The van der Waals surface area contributed by atoms with Crippen molar-refractivity contribution >= 4 is 23.4 Å². The fourth-order valence-electron chi connectivity index (χ4n) is 1.89. The largest absolute Gasteiger partial charge is 0.327 e. The Labute approximate surface area is 128 Å². The number of nitrogens with two attached hydrogens (primary N) is 1. The zero-order valence-corrected chi connectivity index (χ0v) is 12.8. The molecular formula is C16H17ClFNS. The first-order chi connectivity index (χ1) is 9.61. The second-order valence-electron chi connectivity index (χ2n) is 4.63. The van der Waals surface area contributed by atoms with E-state index in [0.29, 0.717) is 9.92 Å². The molecule has 0 amide bonds. The summed E-state index contributed by atoms with van der Waals surface area (Å²) in [7, 11) is 0. The van der Waals surface area contributed by atoms with Gasteiger partial charge in [-0.2, -0.15) is 0 Å². The normalized spacial score (nSPS) is 12.4. The molecule has 1 nitrogen and oxygen atoms in total. The van der Waals surface area contributed by atoms with E-state index in [4.69, 9.17) is 17.3 Å². The molecule has 0 radical (unpaired) electrons. The van der Waals surface area contributed by atoms with Crippen LogP contribution in [0.1, 0.15) is 18.9 Å². The summed E-state index contributed by atoms with van der Waals surface area (Å²) in [5.74, 6) is -0.233. The van der Waals surface area contributed by atoms with Crippen molar-refractivity contribution < 1.29 is 4.39 Å². The molecule has 2 aromatic rings. The highest BCUT2D eigenvalue weighted by atomic mass is 35.5. The average molecular weight is 310 g/mol. The van der Waals surface area contributed by atoms with Gasteiger partial charge in [0.1, 0.15) is 5.82 Å². The summed E-state index contributed by atoms with van der Waals surface area (Å²) in [4.78, 5) is 1.47. The van der Waals surface area contributed by atoms with Gasteiger partial charge in [0.15, 0.2) is 0 Å². The molecule has 2 aromatic carbocycles. The summed E-state index contributed by atoms with van der Waals surface area (Å²) in [5.41, 5.74) is 7.09. The SMILES string of the molecule is CCC(N)Cc1cccc(Cl)c1Sc1ccccc1F. The van der Waals surface area contributed by atoms with Crippen molar-refractivity contribution in [2.45, 2.75) is 35.6 Å². The van der Waals surface area contributed by atoms with E-state index in [1.54, 1.807) is 12.1 Å². The van der Waals surface area contributed by atoms with Gasteiger partial charge in [-0.05, 0) is 36.6 Å². The molecule has 1 atom stereocenters. The molecule has 106 valence electrons. The summed E-state index contributed by atoms with van der Waals surface area (Å²) >= 11 is 7.63. The maximum atomic E-state index is 13.8. The van der Waals surface area contributed by atoms with E-state index < -0.39 is 0 Å². The lowest BCUT2D eigenvalue weighted by Crippen LogP contribution is -2.21. The molecule has 20 heavy (non-hydrogen) atoms. The zero-order chi connectivity index (χ0) is 14.5. The molecule has 0 aromatic heterocycles. The number of rotatable bonds is 5. The molecule has 0 spiro atoms. The fourth-order valence-corrected chi connectivity index (χ4v) is 3.18. The molecule has 2 N–H and O–H groups in total. The lowest BCUT2D eigenvalue weighted by molar-refractivity contribution is 0.602. The van der Waals surface area contributed by atoms with Crippen molar-refractivity contribution in [3.8, 4) is 0 Å². The minimum Gasteiger partial charge on any atom is -0.327 e. The van der Waals surface area contributed by atoms with Crippen LogP contribution in [0.5, 0.6) is 0 Å². The van der Waals surface area contributed by atoms with E-state index in [0.717, 1.165) is 23.3 Å². The predicted octanol–water partition coefficient (Wildman–Crippen LogP) is 4.91. The van der Waals surface area contributed by atoms with E-state index in [9.17, 15) is 4.39 Å². The van der Waals surface area contributed by atoms with Crippen LogP contribution in [-0.4, -0.2) is 6.04 Å². The standard InChI is InChI=1S/C16H17ClFNS/c1-2-12(19)10-11-6-5-7-13(17)16(11)20-15-9-4-3-8-14(15)18/h3-9,12H,2,10,19H2,1H3. The van der Waals surface area contributed by atoms with Gasteiger partial charge < -0.3 is 5.73 Å². The molecule has 0 heterocycles. The molecule has 4 heteroatoms. The van der Waals surface area contributed by atoms with Gasteiger partial charge in [-0.25, -0.2) is 4.39 Å². The van der Waals surface area contributed by atoms with Crippen molar-refractivity contribution in [1.82, 2.24) is 0 Å². The zero-order valence-electron chi connectivity index (χ0n) is 11.3. The third-order valence-corrected chi connectivity index (χ3v) is 4.77. The highest BCUT2D eigenvalue weighted by Crippen LogP contribution is 2.37. The van der Waals surface area contributed by atoms with Crippen molar-refractivity contribution in [2.75, 3.05) is 0 Å². The van der Waals surface area contributed by atoms with Crippen molar-refractivity contribution in [1.29, 1.82) is 0 Å². The summed E-state index contributed by atoms with van der Waals surface area (Å²) in [5, 5.41) is 0.638. The summed E-state index contributed by atoms with van der Waals surface area (Å²) in [6.45, 7) is 2.05. The van der Waals surface area contributed by atoms with Crippen LogP contribution < -0.4 is 5.73 Å². The minimum absolute atomic E-state index is 0.0911. The average Bonchev–Trinajstić information content (AvgIpc) is 2.44. The Morgan fingerprint density at radius 3 is 2.65 bits per heavy atom. The molecule has 2 rings (SSSR count). The van der Waals surface area contributed by atoms with Crippen molar-refractivity contribution in [3.63, 3.8) is 0 Å². The minimum atomic E-state index is -0.233. The molecule has 0 saturated carbocycles. The van der Waals surface area contributed by atoms with Crippen LogP contribution >= 0.6 is 23.4 Å². The van der Waals surface area contributed by atoms with Crippen LogP contribution in [-0.2, 0) is 6.42 Å². The van der Waals surface area contributed by atoms with Gasteiger partial charge in [-0.1, -0.05) is 54.6 Å². The fraction of sp³-hybridized carbons (Fsp3) is 0.250. The molecule has 0 fully saturated rings. The predicted molar refractivity (Wildman–Crippen MR) is 83.9 cm³/mol. The lowest BCUT2D eigenvalue weighted by Gasteiger charge is -2.14. The maximum Gasteiger partial charge on any atom is 0.137 e. The van der Waals surface area contributed by atoms with E-state index in [2.05, 4.69) is 6.92 Å². The Hall–Kier alpha value is -1.03. The van der Waals surface area contributed by atoms with Gasteiger partial charge in [0.05, 0.1) is 5.02 Å². The van der Waals surface area contributed by atoms with Crippen LogP contribution in [0.25, 0.3) is 0 Å². The van der Waals surface area contributed by atoms with Crippen molar-refractivity contribution in [3.05, 3.63) is 58.9 Å². The Balaban J connectivity index is 2.33. The number of halogens is 2. The van der Waals surface area contributed by atoms with Crippen LogP contribution in [0.4, 0.5) is 4.39 Å². The first-order valence-corrected chi connectivity index (χ1v) is 7.76. The van der Waals surface area contributed by atoms with Crippen LogP contribution in [0.3, 0.4) is 0 Å². The van der Waals surface area contributed by atoms with Gasteiger partial charge in [0.25, 0.3) is 0 Å². The molecular weight excluding hydrogens is 293 g/mol. The number of hydrogen-bond donors (Lipinski definition) is 1. The first kappa shape index (κ1) is 15.4. The number of hydrogen-bond acceptors (Lipinski definition) is 2. The van der Waals surface area contributed by atoms with Gasteiger partial charge in [-0.15, -0.1) is 0 Å². The van der Waals surface area contributed by atoms with Crippen LogP contribution in [0.15, 0.2) is 52.3 Å². The second kappa shape index (κ2) is 7.11. The highest BCUT2D eigenvalue weighted by molar-refractivity contribution is 7.99. The van der Waals surface area contributed by atoms with Gasteiger partial charge in [0.2, 0.25) is 0 Å². The third-order valence-electron chi connectivity index (χ3n) is 3.10. The first-order valence-electron chi connectivity index (χ1n) is 6.57. The summed E-state index contributed by atoms with van der Waals surface area (Å²) in [6.07, 6.45) is 1.64. The third kappa shape index (κ3) is 3.75. The summed E-state index contributed by atoms with van der Waals surface area (Å²) < 4.78 is 13.8. The quantitative estimate of drug-likeness (QED) is 0.849. The molecule has 0 aliphatic carbocycles. The molecule has 0 bridgehead atoms. The van der Waals surface area contributed by atoms with E-state index in [1.165, 1.54) is 17.8 Å². The Morgan fingerprint density at radius 2 is 1.95 bits per heavy atom. The number of benzene rings is 2. The van der Waals surface area contributed by atoms with Gasteiger partial charge in [-0.3, -0.25) is 0 Å². The van der Waals surface area contributed by atoms with Gasteiger partial charge in [0, 0.05) is 15.8 Å². The smallest absolute Gasteiger partial charge is 0.137 e. The monoisotopic (exact) mass is 309 g/mol. The summed E-state index contributed by atoms with van der Waals surface area (Å²) in [6, 6.07) is 12.5. The molecule has 0 aliphatic rings. The van der Waals surface area contributed by atoms with E-state index >= 15 is 0 Å².